The quantitative estimate of drug-likeness (QED) is 0.522. The molecule has 0 aliphatic rings. The molecule has 0 heterocycles. The van der Waals surface area contributed by atoms with E-state index in [4.69, 9.17) is 0 Å². The van der Waals surface area contributed by atoms with Crippen LogP contribution in [0.5, 0.6) is 0 Å². The Hall–Kier alpha value is 0.503. The molecule has 0 atom stereocenters. The Kier molecular flexibility index (Phi) is 4.58. The van der Waals surface area contributed by atoms with E-state index >= 15 is 0 Å². The van der Waals surface area contributed by atoms with Crippen molar-refractivity contribution in [3.63, 3.8) is 0 Å². The van der Waals surface area contributed by atoms with E-state index in [1.54, 1.807) is 0 Å². The molecule has 0 amide bonds. The van der Waals surface area contributed by atoms with Crippen LogP contribution in [0, 0.1) is 0 Å². The molecular formula is C7H19GeN. The zero-order chi connectivity index (χ0) is 7.33. The van der Waals surface area contributed by atoms with Crippen LogP contribution >= 0.6 is 0 Å². The minimum atomic E-state index is -0.409. The van der Waals surface area contributed by atoms with Gasteiger partial charge in [0.2, 0.25) is 0 Å². The summed E-state index contributed by atoms with van der Waals surface area (Å²) in [6.07, 6.45) is 1.28. The maximum absolute atomic E-state index is 3.56. The fourth-order valence-electron chi connectivity index (χ4n) is 0.640. The molecule has 0 aromatic rings. The van der Waals surface area contributed by atoms with Crippen LogP contribution in [0.3, 0.4) is 0 Å². The average molecular weight is 190 g/mol. The molecular weight excluding hydrogens is 171 g/mol. The number of nitrogens with one attached hydrogen (secondary N) is 1. The molecule has 0 saturated heterocycles. The Morgan fingerprint density at radius 2 is 1.89 bits per heavy atom. The zero-order valence-electron chi connectivity index (χ0n) is 7.12. The van der Waals surface area contributed by atoms with Crippen molar-refractivity contribution >= 4 is 15.7 Å². The summed E-state index contributed by atoms with van der Waals surface area (Å²) >= 11 is -0.409. The van der Waals surface area contributed by atoms with Crippen molar-refractivity contribution in [3.05, 3.63) is 0 Å². The predicted octanol–water partition coefficient (Wildman–Crippen LogP) is 1.29. The van der Waals surface area contributed by atoms with Crippen molar-refractivity contribution in [2.24, 2.45) is 0 Å². The summed E-state index contributed by atoms with van der Waals surface area (Å²) in [6, 6.07) is 0. The minimum absolute atomic E-state index is 0.409. The van der Waals surface area contributed by atoms with Gasteiger partial charge in [0.1, 0.15) is 0 Å². The molecule has 2 heteroatoms. The fraction of sp³-hybridized carbons (Fsp3) is 1.00. The summed E-state index contributed by atoms with van der Waals surface area (Å²) in [5.74, 6) is 0. The van der Waals surface area contributed by atoms with Crippen molar-refractivity contribution < 1.29 is 0 Å². The van der Waals surface area contributed by atoms with Crippen LogP contribution in [0.15, 0.2) is 0 Å². The van der Waals surface area contributed by atoms with Gasteiger partial charge in [-0.1, -0.05) is 0 Å². The van der Waals surface area contributed by atoms with E-state index in [0.29, 0.717) is 4.25 Å². The van der Waals surface area contributed by atoms with E-state index < -0.39 is 15.7 Å². The molecule has 0 saturated carbocycles. The van der Waals surface area contributed by atoms with Crippen LogP contribution in [0.1, 0.15) is 34.1 Å². The third kappa shape index (κ3) is 8.50. The molecule has 56 valence electrons. The molecule has 0 rings (SSSR count). The Labute approximate surface area is 65.3 Å². The van der Waals surface area contributed by atoms with Gasteiger partial charge in [-0.25, -0.2) is 0 Å². The van der Waals surface area contributed by atoms with Crippen molar-refractivity contribution in [1.82, 2.24) is 4.27 Å². The van der Waals surface area contributed by atoms with Crippen molar-refractivity contribution in [2.75, 3.05) is 6.54 Å². The summed E-state index contributed by atoms with van der Waals surface area (Å²) < 4.78 is 4.19. The van der Waals surface area contributed by atoms with E-state index in [1.165, 1.54) is 13.0 Å². The monoisotopic (exact) mass is 191 g/mol. The Bertz CT molecular complexity index is 65.8. The van der Waals surface area contributed by atoms with Gasteiger partial charge < -0.3 is 0 Å². The maximum atomic E-state index is 3.56. The van der Waals surface area contributed by atoms with Crippen LogP contribution in [0.2, 0.25) is 4.25 Å². The molecule has 0 fully saturated rings. The Balaban J connectivity index is 3.07. The molecule has 1 nitrogen and oxygen atoms in total. The van der Waals surface area contributed by atoms with Gasteiger partial charge in [-0.3, -0.25) is 0 Å². The van der Waals surface area contributed by atoms with Gasteiger partial charge in [0.15, 0.2) is 0 Å². The van der Waals surface area contributed by atoms with Crippen LogP contribution < -0.4 is 4.27 Å². The molecule has 1 N–H and O–H groups in total. The zero-order valence-corrected chi connectivity index (χ0v) is 10.1. The Morgan fingerprint density at radius 1 is 1.33 bits per heavy atom. The van der Waals surface area contributed by atoms with Crippen molar-refractivity contribution in [1.29, 1.82) is 0 Å². The van der Waals surface area contributed by atoms with Gasteiger partial charge in [0.05, 0.1) is 0 Å². The third-order valence-corrected chi connectivity index (χ3v) is 4.57. The predicted molar refractivity (Wildman–Crippen MR) is 46.6 cm³/mol. The third-order valence-electron chi connectivity index (χ3n) is 1.08. The van der Waals surface area contributed by atoms with Gasteiger partial charge in [0.25, 0.3) is 0 Å². The van der Waals surface area contributed by atoms with Crippen LogP contribution in [0.25, 0.3) is 0 Å². The van der Waals surface area contributed by atoms with E-state index in [0.717, 1.165) is 0 Å². The number of hydrogen-bond donors (Lipinski definition) is 1. The average Bonchev–Trinajstić information content (AvgIpc) is 1.63. The van der Waals surface area contributed by atoms with E-state index in [9.17, 15) is 0 Å². The first kappa shape index (κ1) is 9.50. The molecule has 0 radical (unpaired) electrons. The van der Waals surface area contributed by atoms with Gasteiger partial charge in [0, 0.05) is 0 Å². The SMILES string of the molecule is CCC[NH][GeH2][C](C)(C)C. The first-order chi connectivity index (χ1) is 4.06. The normalized spacial score (nSPS) is 13.3. The summed E-state index contributed by atoms with van der Waals surface area (Å²) in [5, 5.41) is 0. The molecule has 0 aromatic carbocycles. The second kappa shape index (κ2) is 4.34. The molecule has 9 heavy (non-hydrogen) atoms. The summed E-state index contributed by atoms with van der Waals surface area (Å²) in [7, 11) is 0. The topological polar surface area (TPSA) is 12.0 Å². The van der Waals surface area contributed by atoms with Crippen molar-refractivity contribution in [3.8, 4) is 0 Å². The molecule has 0 unspecified atom stereocenters. The second-order valence-corrected chi connectivity index (χ2v) is 9.98. The van der Waals surface area contributed by atoms with E-state index in [-0.39, 0.29) is 0 Å². The molecule has 0 aliphatic heterocycles. The number of hydrogen-bond acceptors (Lipinski definition) is 1. The Morgan fingerprint density at radius 3 is 2.22 bits per heavy atom. The summed E-state index contributed by atoms with van der Waals surface area (Å²) in [5.41, 5.74) is 0. The summed E-state index contributed by atoms with van der Waals surface area (Å²) in [6.45, 7) is 10.4. The van der Waals surface area contributed by atoms with Crippen LogP contribution in [-0.2, 0) is 0 Å². The molecule has 0 bridgehead atoms. The number of rotatable bonds is 3. The van der Waals surface area contributed by atoms with Gasteiger partial charge in [-0.2, -0.15) is 0 Å². The standard InChI is InChI=1S/C7H19GeN/c1-5-6-9-8-7(2,3)4/h9H,5-6,8H2,1-4H3. The van der Waals surface area contributed by atoms with Gasteiger partial charge >= 0.3 is 64.8 Å². The molecule has 0 aromatic heterocycles. The van der Waals surface area contributed by atoms with Gasteiger partial charge in [-0.15, -0.1) is 0 Å². The molecule has 0 spiro atoms. The van der Waals surface area contributed by atoms with Crippen molar-refractivity contribution in [2.45, 2.75) is 38.4 Å². The van der Waals surface area contributed by atoms with Crippen LogP contribution in [-0.4, -0.2) is 22.2 Å². The van der Waals surface area contributed by atoms with Crippen LogP contribution in [0.4, 0.5) is 0 Å². The van der Waals surface area contributed by atoms with E-state index in [1.807, 2.05) is 0 Å². The van der Waals surface area contributed by atoms with Gasteiger partial charge in [-0.05, 0) is 0 Å². The first-order valence-electron chi connectivity index (χ1n) is 3.77. The van der Waals surface area contributed by atoms with E-state index in [2.05, 4.69) is 32.0 Å². The first-order valence-corrected chi connectivity index (χ1v) is 6.73. The fourth-order valence-corrected chi connectivity index (χ4v) is 3.33. The second-order valence-electron chi connectivity index (χ2n) is 3.74. The summed E-state index contributed by atoms with van der Waals surface area (Å²) in [4.78, 5) is 0. The molecule has 0 aliphatic carbocycles.